The summed E-state index contributed by atoms with van der Waals surface area (Å²) in [6.45, 7) is 0. The highest BCUT2D eigenvalue weighted by Gasteiger charge is 2.53. The van der Waals surface area contributed by atoms with Crippen LogP contribution in [0.1, 0.15) is 44.9 Å². The molecule has 0 spiro atoms. The highest BCUT2D eigenvalue weighted by Crippen LogP contribution is 2.57. The van der Waals surface area contributed by atoms with Gasteiger partial charge in [0, 0.05) is 0 Å². The number of rotatable bonds is 3. The molecule has 4 rings (SSSR count). The molecule has 3 nitrogen and oxygen atoms in total. The Balaban J connectivity index is 1.73. The van der Waals surface area contributed by atoms with E-state index in [0.29, 0.717) is 6.29 Å². The Bertz CT molecular complexity index is 286. The van der Waals surface area contributed by atoms with Gasteiger partial charge in [-0.3, -0.25) is 4.79 Å². The molecule has 4 aliphatic carbocycles. The third-order valence-corrected chi connectivity index (χ3v) is 4.56. The lowest BCUT2D eigenvalue weighted by Gasteiger charge is -2.55. The molecule has 0 atom stereocenters. The van der Waals surface area contributed by atoms with E-state index in [1.807, 2.05) is 0 Å². The fourth-order valence-corrected chi connectivity index (χ4v) is 4.51. The van der Waals surface area contributed by atoms with Crippen LogP contribution in [0.15, 0.2) is 0 Å². The quantitative estimate of drug-likeness (QED) is 0.417. The van der Waals surface area contributed by atoms with Crippen molar-refractivity contribution < 1.29 is 14.3 Å². The Morgan fingerprint density at radius 1 is 1.12 bits per heavy atom. The normalized spacial score (nSPS) is 44.4. The summed E-state index contributed by atoms with van der Waals surface area (Å²) in [6.07, 6.45) is 7.71. The molecular weight excluding hydrogens is 204 g/mol. The van der Waals surface area contributed by atoms with E-state index >= 15 is 0 Å². The van der Waals surface area contributed by atoms with E-state index in [-0.39, 0.29) is 18.0 Å². The number of hydrogen-bond donors (Lipinski definition) is 0. The van der Waals surface area contributed by atoms with Gasteiger partial charge < -0.3 is 9.53 Å². The number of hydrogen-bond acceptors (Lipinski definition) is 3. The van der Waals surface area contributed by atoms with Crippen LogP contribution in [0.4, 0.5) is 0 Å². The van der Waals surface area contributed by atoms with E-state index in [9.17, 15) is 9.59 Å². The summed E-state index contributed by atoms with van der Waals surface area (Å²) in [7, 11) is 0. The lowest BCUT2D eigenvalue weighted by Crippen LogP contribution is -2.52. The Hall–Kier alpha value is -0.860. The van der Waals surface area contributed by atoms with Crippen molar-refractivity contribution in [1.29, 1.82) is 0 Å². The predicted octanol–water partition coefficient (Wildman–Crippen LogP) is 2.09. The second-order valence-electron chi connectivity index (χ2n) is 5.95. The van der Waals surface area contributed by atoms with Gasteiger partial charge in [0.15, 0.2) is 0 Å². The molecule has 0 unspecified atom stereocenters. The molecule has 4 bridgehead atoms. The van der Waals surface area contributed by atoms with Crippen LogP contribution in [0.5, 0.6) is 0 Å². The third-order valence-electron chi connectivity index (χ3n) is 4.56. The maximum Gasteiger partial charge on any atom is 0.313 e. The fraction of sp³-hybridized carbons (Fsp3) is 0.846. The first-order valence-corrected chi connectivity index (χ1v) is 6.34. The maximum absolute atomic E-state index is 11.5. The predicted molar refractivity (Wildman–Crippen MR) is 57.7 cm³/mol. The minimum atomic E-state index is -0.322. The zero-order valence-electron chi connectivity index (χ0n) is 9.48. The Morgan fingerprint density at radius 3 is 2.06 bits per heavy atom. The first-order valence-electron chi connectivity index (χ1n) is 6.34. The largest absolute Gasteiger partial charge is 0.459 e. The summed E-state index contributed by atoms with van der Waals surface area (Å²) in [5.41, 5.74) is -0.186. The molecule has 0 amide bonds. The highest BCUT2D eigenvalue weighted by atomic mass is 16.6. The van der Waals surface area contributed by atoms with E-state index in [4.69, 9.17) is 4.74 Å². The van der Waals surface area contributed by atoms with Gasteiger partial charge in [-0.1, -0.05) is 0 Å². The molecule has 0 heterocycles. The summed E-state index contributed by atoms with van der Waals surface area (Å²) >= 11 is 0. The van der Waals surface area contributed by atoms with Gasteiger partial charge in [0.05, 0.1) is 0 Å². The van der Waals surface area contributed by atoms with Crippen LogP contribution in [0.3, 0.4) is 0 Å². The fourth-order valence-electron chi connectivity index (χ4n) is 4.51. The molecule has 4 saturated carbocycles. The zero-order chi connectivity index (χ0) is 11.2. The highest BCUT2D eigenvalue weighted by molar-refractivity contribution is 5.84. The van der Waals surface area contributed by atoms with Crippen molar-refractivity contribution in [3.05, 3.63) is 0 Å². The molecule has 0 aliphatic heterocycles. The molecule has 3 heteroatoms. The molecule has 0 aromatic rings. The number of carbonyl (C=O) groups is 2. The standard InChI is InChI=1S/C13H18O3/c14-2-1-12(15)16-13-6-9-3-10(7-13)5-11(4-9)8-13/h2,9-11H,1,3-8H2. The molecule has 0 radical (unpaired) electrons. The minimum Gasteiger partial charge on any atom is -0.459 e. The van der Waals surface area contributed by atoms with Crippen molar-refractivity contribution in [2.75, 3.05) is 0 Å². The van der Waals surface area contributed by atoms with E-state index in [1.54, 1.807) is 0 Å². The van der Waals surface area contributed by atoms with Crippen LogP contribution >= 0.6 is 0 Å². The number of esters is 1. The average molecular weight is 222 g/mol. The van der Waals surface area contributed by atoms with Gasteiger partial charge in [0.2, 0.25) is 0 Å². The van der Waals surface area contributed by atoms with Crippen molar-refractivity contribution in [3.63, 3.8) is 0 Å². The van der Waals surface area contributed by atoms with Crippen molar-refractivity contribution >= 4 is 12.3 Å². The van der Waals surface area contributed by atoms with Gasteiger partial charge in [-0.25, -0.2) is 0 Å². The average Bonchev–Trinajstić information content (AvgIpc) is 2.13. The summed E-state index contributed by atoms with van der Waals surface area (Å²) in [5.74, 6) is 2.00. The van der Waals surface area contributed by atoms with Crippen LogP contribution < -0.4 is 0 Å². The van der Waals surface area contributed by atoms with Gasteiger partial charge in [0.25, 0.3) is 0 Å². The monoisotopic (exact) mass is 222 g/mol. The lowest BCUT2D eigenvalue weighted by atomic mass is 9.54. The van der Waals surface area contributed by atoms with Crippen molar-refractivity contribution in [3.8, 4) is 0 Å². The molecule has 16 heavy (non-hydrogen) atoms. The van der Waals surface area contributed by atoms with Crippen molar-refractivity contribution in [2.24, 2.45) is 17.8 Å². The van der Waals surface area contributed by atoms with Crippen LogP contribution in [-0.4, -0.2) is 17.9 Å². The van der Waals surface area contributed by atoms with Gasteiger partial charge in [-0.15, -0.1) is 0 Å². The third kappa shape index (κ3) is 1.66. The van der Waals surface area contributed by atoms with E-state index < -0.39 is 0 Å². The number of carbonyl (C=O) groups excluding carboxylic acids is 2. The Morgan fingerprint density at radius 2 is 1.62 bits per heavy atom. The second kappa shape index (κ2) is 3.57. The topological polar surface area (TPSA) is 43.4 Å². The van der Waals surface area contributed by atoms with Crippen LogP contribution in [0.25, 0.3) is 0 Å². The molecule has 4 aliphatic rings. The van der Waals surface area contributed by atoms with Gasteiger partial charge in [-0.2, -0.15) is 0 Å². The van der Waals surface area contributed by atoms with Crippen LogP contribution in [0.2, 0.25) is 0 Å². The smallest absolute Gasteiger partial charge is 0.313 e. The van der Waals surface area contributed by atoms with Crippen LogP contribution in [-0.2, 0) is 14.3 Å². The minimum absolute atomic E-state index is 0.0816. The van der Waals surface area contributed by atoms with Gasteiger partial charge in [0.1, 0.15) is 18.3 Å². The zero-order valence-corrected chi connectivity index (χ0v) is 9.48. The maximum atomic E-state index is 11.5. The number of aldehydes is 1. The first-order chi connectivity index (χ1) is 7.69. The molecule has 0 N–H and O–H groups in total. The van der Waals surface area contributed by atoms with Gasteiger partial charge in [-0.05, 0) is 56.3 Å². The van der Waals surface area contributed by atoms with Crippen LogP contribution in [0, 0.1) is 17.8 Å². The summed E-state index contributed by atoms with van der Waals surface area (Å²) < 4.78 is 5.62. The summed E-state index contributed by atoms with van der Waals surface area (Å²) in [5, 5.41) is 0. The lowest BCUT2D eigenvalue weighted by molar-refractivity contribution is -0.186. The molecular formula is C13H18O3. The molecule has 88 valence electrons. The second-order valence-corrected chi connectivity index (χ2v) is 5.95. The Labute approximate surface area is 95.5 Å². The van der Waals surface area contributed by atoms with Gasteiger partial charge >= 0.3 is 5.97 Å². The summed E-state index contributed by atoms with van der Waals surface area (Å²) in [6, 6.07) is 0. The SMILES string of the molecule is O=CCC(=O)OC12CC3CC(CC(C3)C1)C2. The summed E-state index contributed by atoms with van der Waals surface area (Å²) in [4.78, 5) is 21.8. The molecule has 4 fully saturated rings. The van der Waals surface area contributed by atoms with E-state index in [0.717, 1.165) is 37.0 Å². The first kappa shape index (κ1) is 10.3. The number of ether oxygens (including phenoxy) is 1. The molecule has 0 aromatic heterocycles. The van der Waals surface area contributed by atoms with E-state index in [1.165, 1.54) is 19.3 Å². The Kier molecular flexibility index (Phi) is 2.30. The molecule has 0 aromatic carbocycles. The molecule has 0 saturated heterocycles. The van der Waals surface area contributed by atoms with Crippen molar-refractivity contribution in [1.82, 2.24) is 0 Å². The van der Waals surface area contributed by atoms with Crippen molar-refractivity contribution in [2.45, 2.75) is 50.5 Å². The van der Waals surface area contributed by atoms with E-state index in [2.05, 4.69) is 0 Å².